The molecule has 1 aromatic carbocycles. The lowest BCUT2D eigenvalue weighted by atomic mass is 9.77. The molecule has 1 aliphatic carbocycles. The van der Waals surface area contributed by atoms with Crippen LogP contribution in [0.15, 0.2) is 18.2 Å². The molecule has 0 radical (unpaired) electrons. The maximum Gasteiger partial charge on any atom is 0.119 e. The molecule has 0 saturated heterocycles. The van der Waals surface area contributed by atoms with Crippen molar-refractivity contribution in [1.29, 1.82) is 0 Å². The van der Waals surface area contributed by atoms with E-state index in [4.69, 9.17) is 16.2 Å². The highest BCUT2D eigenvalue weighted by Crippen LogP contribution is 2.34. The summed E-state index contributed by atoms with van der Waals surface area (Å²) in [6, 6.07) is 6.12. The number of ether oxygens (including phenoxy) is 1. The van der Waals surface area contributed by atoms with Gasteiger partial charge in [0.1, 0.15) is 5.75 Å². The van der Waals surface area contributed by atoms with Crippen LogP contribution in [0.2, 0.25) is 0 Å². The molecule has 0 spiro atoms. The monoisotopic (exact) mass is 206 g/mol. The normalized spacial score (nSPS) is 24.7. The number of nitrogens with two attached hydrogens (primary N) is 2. The lowest BCUT2D eigenvalue weighted by Gasteiger charge is -2.34. The third kappa shape index (κ3) is 1.73. The molecule has 1 aliphatic rings. The van der Waals surface area contributed by atoms with E-state index in [1.807, 2.05) is 12.1 Å². The lowest BCUT2D eigenvalue weighted by molar-refractivity contribution is 0.374. The fourth-order valence-corrected chi connectivity index (χ4v) is 2.31. The van der Waals surface area contributed by atoms with Crippen LogP contribution in [0.1, 0.15) is 24.0 Å². The summed E-state index contributed by atoms with van der Waals surface area (Å²) in [5.41, 5.74) is 14.2. The minimum atomic E-state index is -0.359. The van der Waals surface area contributed by atoms with Crippen LogP contribution in [-0.2, 0) is 12.0 Å². The van der Waals surface area contributed by atoms with E-state index in [0.717, 1.165) is 30.6 Å². The molecule has 0 bridgehead atoms. The van der Waals surface area contributed by atoms with Gasteiger partial charge in [0.05, 0.1) is 12.6 Å². The van der Waals surface area contributed by atoms with Crippen LogP contribution in [0.4, 0.5) is 0 Å². The van der Waals surface area contributed by atoms with Gasteiger partial charge in [0.2, 0.25) is 0 Å². The first-order chi connectivity index (χ1) is 7.19. The zero-order valence-corrected chi connectivity index (χ0v) is 9.12. The van der Waals surface area contributed by atoms with Crippen molar-refractivity contribution in [3.8, 4) is 5.75 Å². The standard InChI is InChI=1S/C12H18N2O/c1-15-10-5-4-9-3-2-6-12(14,8-13)11(9)7-10/h4-5,7H,2-3,6,8,13-14H2,1H3. The Morgan fingerprint density at radius 3 is 2.93 bits per heavy atom. The van der Waals surface area contributed by atoms with Gasteiger partial charge < -0.3 is 16.2 Å². The number of methoxy groups -OCH3 is 1. The minimum absolute atomic E-state index is 0.359. The maximum atomic E-state index is 6.31. The third-order valence-electron chi connectivity index (χ3n) is 3.29. The fourth-order valence-electron chi connectivity index (χ4n) is 2.31. The summed E-state index contributed by atoms with van der Waals surface area (Å²) in [5.74, 6) is 0.860. The Bertz CT molecular complexity index is 365. The Balaban J connectivity index is 2.48. The summed E-state index contributed by atoms with van der Waals surface area (Å²) in [4.78, 5) is 0. The summed E-state index contributed by atoms with van der Waals surface area (Å²) in [6.07, 6.45) is 3.18. The van der Waals surface area contributed by atoms with Crippen LogP contribution in [-0.4, -0.2) is 13.7 Å². The molecule has 82 valence electrons. The second kappa shape index (κ2) is 3.83. The zero-order valence-electron chi connectivity index (χ0n) is 9.12. The SMILES string of the molecule is COc1ccc2c(c1)C(N)(CN)CCC2. The third-order valence-corrected chi connectivity index (χ3v) is 3.29. The largest absolute Gasteiger partial charge is 0.497 e. The summed E-state index contributed by atoms with van der Waals surface area (Å²) in [6.45, 7) is 0.493. The predicted octanol–water partition coefficient (Wildman–Crippen LogP) is 1.14. The minimum Gasteiger partial charge on any atom is -0.497 e. The molecule has 2 rings (SSSR count). The highest BCUT2D eigenvalue weighted by Gasteiger charge is 2.31. The molecule has 1 atom stereocenters. The molecule has 3 nitrogen and oxygen atoms in total. The first kappa shape index (κ1) is 10.5. The van der Waals surface area contributed by atoms with Gasteiger partial charge >= 0.3 is 0 Å². The molecule has 0 aliphatic heterocycles. The fraction of sp³-hybridized carbons (Fsp3) is 0.500. The summed E-state index contributed by atoms with van der Waals surface area (Å²) >= 11 is 0. The van der Waals surface area contributed by atoms with Crippen LogP contribution in [0, 0.1) is 0 Å². The van der Waals surface area contributed by atoms with Crippen molar-refractivity contribution in [2.75, 3.05) is 13.7 Å². The molecule has 0 saturated carbocycles. The maximum absolute atomic E-state index is 6.31. The van der Waals surface area contributed by atoms with E-state index >= 15 is 0 Å². The Kier molecular flexibility index (Phi) is 2.67. The van der Waals surface area contributed by atoms with Crippen molar-refractivity contribution < 1.29 is 4.74 Å². The highest BCUT2D eigenvalue weighted by atomic mass is 16.5. The van der Waals surface area contributed by atoms with Crippen molar-refractivity contribution >= 4 is 0 Å². The van der Waals surface area contributed by atoms with E-state index in [2.05, 4.69) is 6.07 Å². The first-order valence-electron chi connectivity index (χ1n) is 5.36. The number of fused-ring (bicyclic) bond motifs is 1. The van der Waals surface area contributed by atoms with Crippen molar-refractivity contribution in [3.63, 3.8) is 0 Å². The Hall–Kier alpha value is -1.06. The van der Waals surface area contributed by atoms with E-state index in [1.165, 1.54) is 5.56 Å². The average molecular weight is 206 g/mol. The van der Waals surface area contributed by atoms with E-state index in [0.29, 0.717) is 6.54 Å². The predicted molar refractivity (Wildman–Crippen MR) is 60.9 cm³/mol. The van der Waals surface area contributed by atoms with E-state index < -0.39 is 0 Å². The molecule has 1 aromatic rings. The van der Waals surface area contributed by atoms with Crippen LogP contribution < -0.4 is 16.2 Å². The molecular formula is C12H18N2O. The molecule has 3 heteroatoms. The van der Waals surface area contributed by atoms with Gasteiger partial charge in [0.25, 0.3) is 0 Å². The van der Waals surface area contributed by atoms with Crippen molar-refractivity contribution in [3.05, 3.63) is 29.3 Å². The van der Waals surface area contributed by atoms with Crippen LogP contribution in [0.3, 0.4) is 0 Å². The topological polar surface area (TPSA) is 61.3 Å². The van der Waals surface area contributed by atoms with Gasteiger partial charge in [-0.2, -0.15) is 0 Å². The van der Waals surface area contributed by atoms with Crippen LogP contribution in [0.5, 0.6) is 5.75 Å². The summed E-state index contributed by atoms with van der Waals surface area (Å²) in [7, 11) is 1.67. The average Bonchev–Trinajstić information content (AvgIpc) is 2.29. The number of hydrogen-bond acceptors (Lipinski definition) is 3. The van der Waals surface area contributed by atoms with Crippen LogP contribution >= 0.6 is 0 Å². The number of hydrogen-bond donors (Lipinski definition) is 2. The Morgan fingerprint density at radius 1 is 1.47 bits per heavy atom. The smallest absolute Gasteiger partial charge is 0.119 e. The second-order valence-corrected chi connectivity index (χ2v) is 4.24. The molecular weight excluding hydrogens is 188 g/mol. The highest BCUT2D eigenvalue weighted by molar-refractivity contribution is 5.42. The summed E-state index contributed by atoms with van der Waals surface area (Å²) < 4.78 is 5.22. The number of aryl methyl sites for hydroxylation is 1. The van der Waals surface area contributed by atoms with Gasteiger partial charge in [0, 0.05) is 6.54 Å². The van der Waals surface area contributed by atoms with Gasteiger partial charge in [-0.05, 0) is 42.5 Å². The van der Waals surface area contributed by atoms with Gasteiger partial charge in [0.15, 0.2) is 0 Å². The van der Waals surface area contributed by atoms with E-state index in [9.17, 15) is 0 Å². The number of benzene rings is 1. The van der Waals surface area contributed by atoms with Gasteiger partial charge in [-0.3, -0.25) is 0 Å². The molecule has 15 heavy (non-hydrogen) atoms. The van der Waals surface area contributed by atoms with Crippen molar-refractivity contribution in [2.24, 2.45) is 11.5 Å². The molecule has 0 aromatic heterocycles. The molecule has 0 heterocycles. The first-order valence-corrected chi connectivity index (χ1v) is 5.36. The molecule has 1 unspecified atom stereocenters. The molecule has 4 N–H and O–H groups in total. The second-order valence-electron chi connectivity index (χ2n) is 4.24. The molecule has 0 fully saturated rings. The zero-order chi connectivity index (χ0) is 10.9. The van der Waals surface area contributed by atoms with Gasteiger partial charge in [-0.25, -0.2) is 0 Å². The Labute approximate surface area is 90.4 Å². The quantitative estimate of drug-likeness (QED) is 0.763. The van der Waals surface area contributed by atoms with Gasteiger partial charge in [-0.1, -0.05) is 6.07 Å². The van der Waals surface area contributed by atoms with Crippen molar-refractivity contribution in [1.82, 2.24) is 0 Å². The lowest BCUT2D eigenvalue weighted by Crippen LogP contribution is -2.46. The van der Waals surface area contributed by atoms with E-state index in [1.54, 1.807) is 7.11 Å². The molecule has 0 amide bonds. The van der Waals surface area contributed by atoms with Gasteiger partial charge in [-0.15, -0.1) is 0 Å². The Morgan fingerprint density at radius 2 is 2.27 bits per heavy atom. The van der Waals surface area contributed by atoms with Crippen LogP contribution in [0.25, 0.3) is 0 Å². The number of rotatable bonds is 2. The van der Waals surface area contributed by atoms with E-state index in [-0.39, 0.29) is 5.54 Å². The summed E-state index contributed by atoms with van der Waals surface area (Å²) in [5, 5.41) is 0. The van der Waals surface area contributed by atoms with Crippen molar-refractivity contribution in [2.45, 2.75) is 24.8 Å².